The minimum atomic E-state index is 0.615. The van der Waals surface area contributed by atoms with Crippen molar-refractivity contribution in [2.24, 2.45) is 0 Å². The molecule has 0 radical (unpaired) electrons. The van der Waals surface area contributed by atoms with Crippen molar-refractivity contribution in [2.45, 2.75) is 6.92 Å². The van der Waals surface area contributed by atoms with Gasteiger partial charge in [-0.2, -0.15) is 0 Å². The maximum Gasteiger partial charge on any atom is 0.212 e. The van der Waals surface area contributed by atoms with Gasteiger partial charge in [0, 0.05) is 28.9 Å². The number of nitrogens with zero attached hydrogens (tertiary/aromatic N) is 3. The first kappa shape index (κ1) is 11.6. The molecule has 0 unspecified atom stereocenters. The van der Waals surface area contributed by atoms with Crippen LogP contribution in [0.4, 0.5) is 0 Å². The Bertz CT molecular complexity index is 723. The molecule has 2 heterocycles. The predicted octanol–water partition coefficient (Wildman–Crippen LogP) is 3.01. The minimum absolute atomic E-state index is 0.615. The maximum absolute atomic E-state index is 5.06. The number of benzene rings is 1. The lowest BCUT2D eigenvalue weighted by Crippen LogP contribution is -1.89. The summed E-state index contributed by atoms with van der Waals surface area (Å²) < 4.78 is 5.06. The lowest BCUT2D eigenvalue weighted by molar-refractivity contribution is 0.398. The highest BCUT2D eigenvalue weighted by Crippen LogP contribution is 2.25. The number of rotatable bonds is 2. The fourth-order valence-electron chi connectivity index (χ4n) is 2.04. The molecule has 19 heavy (non-hydrogen) atoms. The maximum atomic E-state index is 5.06. The van der Waals surface area contributed by atoms with Gasteiger partial charge in [-0.05, 0) is 30.7 Å². The first-order valence-corrected chi connectivity index (χ1v) is 6.00. The van der Waals surface area contributed by atoms with Crippen molar-refractivity contribution in [2.75, 3.05) is 7.11 Å². The molecule has 0 bridgehead atoms. The number of ether oxygens (including phenoxy) is 1. The first-order valence-electron chi connectivity index (χ1n) is 6.00. The molecule has 94 valence electrons. The summed E-state index contributed by atoms with van der Waals surface area (Å²) in [7, 11) is 1.61. The van der Waals surface area contributed by atoms with Gasteiger partial charge < -0.3 is 4.74 Å². The first-order chi connectivity index (χ1) is 9.28. The molecule has 1 aromatic carbocycles. The van der Waals surface area contributed by atoms with E-state index >= 15 is 0 Å². The third-order valence-corrected chi connectivity index (χ3v) is 3.11. The third kappa shape index (κ3) is 2.12. The van der Waals surface area contributed by atoms with Crippen LogP contribution in [-0.4, -0.2) is 22.1 Å². The van der Waals surface area contributed by atoms with E-state index in [1.54, 1.807) is 19.6 Å². The van der Waals surface area contributed by atoms with Crippen molar-refractivity contribution in [3.8, 4) is 17.0 Å². The van der Waals surface area contributed by atoms with E-state index in [9.17, 15) is 0 Å². The van der Waals surface area contributed by atoms with Crippen LogP contribution in [0.25, 0.3) is 22.0 Å². The Morgan fingerprint density at radius 3 is 2.53 bits per heavy atom. The summed E-state index contributed by atoms with van der Waals surface area (Å²) in [5.74, 6) is 0.615. The standard InChI is InChI=1S/C15H13N3O/c1-10-13-7-11(3-5-14(13)18-9-17-10)12-4-6-15(19-2)16-8-12/h3-9H,1-2H3. The van der Waals surface area contributed by atoms with E-state index in [1.807, 2.05) is 31.2 Å². The summed E-state index contributed by atoms with van der Waals surface area (Å²) in [5, 5.41) is 1.07. The molecular weight excluding hydrogens is 238 g/mol. The topological polar surface area (TPSA) is 47.9 Å². The highest BCUT2D eigenvalue weighted by molar-refractivity contribution is 5.85. The summed E-state index contributed by atoms with van der Waals surface area (Å²) >= 11 is 0. The summed E-state index contributed by atoms with van der Waals surface area (Å²) in [6.45, 7) is 1.99. The normalized spacial score (nSPS) is 10.6. The molecule has 0 atom stereocenters. The van der Waals surface area contributed by atoms with Crippen LogP contribution >= 0.6 is 0 Å². The second kappa shape index (κ2) is 4.65. The Labute approximate surface area is 111 Å². The van der Waals surface area contributed by atoms with Gasteiger partial charge in [-0.15, -0.1) is 0 Å². The molecule has 0 N–H and O–H groups in total. The molecule has 4 nitrogen and oxygen atoms in total. The number of aromatic nitrogens is 3. The molecule has 0 saturated carbocycles. The Balaban J connectivity index is 2.11. The number of pyridine rings is 1. The van der Waals surface area contributed by atoms with Gasteiger partial charge in [0.1, 0.15) is 6.33 Å². The monoisotopic (exact) mass is 251 g/mol. The van der Waals surface area contributed by atoms with Crippen LogP contribution < -0.4 is 4.74 Å². The SMILES string of the molecule is COc1ccc(-c2ccc3ncnc(C)c3c2)cn1. The predicted molar refractivity (Wildman–Crippen MR) is 74.1 cm³/mol. The molecular formula is C15H13N3O. The zero-order chi connectivity index (χ0) is 13.2. The van der Waals surface area contributed by atoms with Gasteiger partial charge >= 0.3 is 0 Å². The minimum Gasteiger partial charge on any atom is -0.481 e. The summed E-state index contributed by atoms with van der Waals surface area (Å²) in [5.41, 5.74) is 4.08. The molecule has 0 aliphatic rings. The molecule has 2 aromatic heterocycles. The molecule has 0 amide bonds. The van der Waals surface area contributed by atoms with Crippen molar-refractivity contribution in [3.05, 3.63) is 48.5 Å². The van der Waals surface area contributed by atoms with Gasteiger partial charge in [0.15, 0.2) is 0 Å². The molecule has 0 fully saturated rings. The second-order valence-corrected chi connectivity index (χ2v) is 4.28. The molecule has 4 heteroatoms. The average Bonchev–Trinajstić information content (AvgIpc) is 2.47. The van der Waals surface area contributed by atoms with Gasteiger partial charge in [0.05, 0.1) is 12.6 Å². The van der Waals surface area contributed by atoms with Crippen LogP contribution in [0, 0.1) is 6.92 Å². The van der Waals surface area contributed by atoms with E-state index in [2.05, 4.69) is 21.0 Å². The Morgan fingerprint density at radius 1 is 0.947 bits per heavy atom. The largest absolute Gasteiger partial charge is 0.481 e. The second-order valence-electron chi connectivity index (χ2n) is 4.28. The number of fused-ring (bicyclic) bond motifs is 1. The van der Waals surface area contributed by atoms with Crippen molar-refractivity contribution >= 4 is 10.9 Å². The number of aryl methyl sites for hydroxylation is 1. The Morgan fingerprint density at radius 2 is 1.79 bits per heavy atom. The fraction of sp³-hybridized carbons (Fsp3) is 0.133. The van der Waals surface area contributed by atoms with Crippen molar-refractivity contribution < 1.29 is 4.74 Å². The lowest BCUT2D eigenvalue weighted by atomic mass is 10.0. The van der Waals surface area contributed by atoms with Crippen LogP contribution in [0.15, 0.2) is 42.9 Å². The Kier molecular flexibility index (Phi) is 2.83. The van der Waals surface area contributed by atoms with Crippen LogP contribution in [0.3, 0.4) is 0 Å². The van der Waals surface area contributed by atoms with Gasteiger partial charge in [-0.25, -0.2) is 15.0 Å². The van der Waals surface area contributed by atoms with Gasteiger partial charge in [0.25, 0.3) is 0 Å². The summed E-state index contributed by atoms with van der Waals surface area (Å²) in [4.78, 5) is 12.7. The Hall–Kier alpha value is -2.49. The quantitative estimate of drug-likeness (QED) is 0.702. The molecule has 0 aliphatic heterocycles. The van der Waals surface area contributed by atoms with E-state index in [0.29, 0.717) is 5.88 Å². The van der Waals surface area contributed by atoms with E-state index < -0.39 is 0 Å². The molecule has 0 spiro atoms. The van der Waals surface area contributed by atoms with E-state index in [-0.39, 0.29) is 0 Å². The van der Waals surface area contributed by atoms with Crippen LogP contribution in [0.5, 0.6) is 5.88 Å². The summed E-state index contributed by atoms with van der Waals surface area (Å²) in [6.07, 6.45) is 3.39. The van der Waals surface area contributed by atoms with E-state index in [0.717, 1.165) is 27.7 Å². The number of hydrogen-bond donors (Lipinski definition) is 0. The van der Waals surface area contributed by atoms with Crippen molar-refractivity contribution in [1.82, 2.24) is 15.0 Å². The zero-order valence-corrected chi connectivity index (χ0v) is 10.8. The van der Waals surface area contributed by atoms with Gasteiger partial charge in [-0.3, -0.25) is 0 Å². The van der Waals surface area contributed by atoms with E-state index in [4.69, 9.17) is 4.74 Å². The van der Waals surface area contributed by atoms with Crippen LogP contribution in [0.1, 0.15) is 5.69 Å². The van der Waals surface area contributed by atoms with Crippen LogP contribution in [0.2, 0.25) is 0 Å². The average molecular weight is 251 g/mol. The molecule has 3 aromatic rings. The highest BCUT2D eigenvalue weighted by atomic mass is 16.5. The highest BCUT2D eigenvalue weighted by Gasteiger charge is 2.04. The molecule has 0 aliphatic carbocycles. The van der Waals surface area contributed by atoms with Crippen LogP contribution in [-0.2, 0) is 0 Å². The zero-order valence-electron chi connectivity index (χ0n) is 10.8. The number of hydrogen-bond acceptors (Lipinski definition) is 4. The summed E-state index contributed by atoms with van der Waals surface area (Å²) in [6, 6.07) is 9.98. The lowest BCUT2D eigenvalue weighted by Gasteiger charge is -2.05. The third-order valence-electron chi connectivity index (χ3n) is 3.11. The van der Waals surface area contributed by atoms with E-state index in [1.165, 1.54) is 0 Å². The van der Waals surface area contributed by atoms with Gasteiger partial charge in [0.2, 0.25) is 5.88 Å². The molecule has 3 rings (SSSR count). The van der Waals surface area contributed by atoms with Gasteiger partial charge in [-0.1, -0.05) is 6.07 Å². The smallest absolute Gasteiger partial charge is 0.212 e. The van der Waals surface area contributed by atoms with Crippen molar-refractivity contribution in [3.63, 3.8) is 0 Å². The van der Waals surface area contributed by atoms with Crippen molar-refractivity contribution in [1.29, 1.82) is 0 Å². The molecule has 0 saturated heterocycles. The fourth-order valence-corrected chi connectivity index (χ4v) is 2.04. The number of methoxy groups -OCH3 is 1.